The van der Waals surface area contributed by atoms with E-state index >= 15 is 0 Å². The number of hydrogen-bond acceptors (Lipinski definition) is 4. The molecule has 1 heterocycles. The number of Topliss-reactive ketones (excluding diaryl/α,β-unsaturated/α-hetero) is 1. The predicted octanol–water partition coefficient (Wildman–Crippen LogP) is 2.64. The lowest BCUT2D eigenvalue weighted by Gasteiger charge is -1.98. The third-order valence-electron chi connectivity index (χ3n) is 3.19. The molecule has 0 aliphatic carbocycles. The van der Waals surface area contributed by atoms with Crippen LogP contribution in [0.3, 0.4) is 0 Å². The molecule has 1 aromatic heterocycles. The highest BCUT2D eigenvalue weighted by Crippen LogP contribution is 2.22. The summed E-state index contributed by atoms with van der Waals surface area (Å²) in [5, 5.41) is 0.591. The zero-order valence-corrected chi connectivity index (χ0v) is 12.4. The normalized spacial score (nSPS) is 10.7. The second kappa shape index (κ2) is 6.03. The van der Waals surface area contributed by atoms with Crippen LogP contribution in [0.2, 0.25) is 0 Å². The molecule has 0 bridgehead atoms. The van der Waals surface area contributed by atoms with E-state index in [2.05, 4.69) is 9.97 Å². The molecule has 110 valence electrons. The van der Waals surface area contributed by atoms with Crippen molar-refractivity contribution in [3.05, 3.63) is 59.7 Å². The molecule has 22 heavy (non-hydrogen) atoms. The molecule has 3 rings (SSSR count). The van der Waals surface area contributed by atoms with Gasteiger partial charge in [0.25, 0.3) is 5.91 Å². The lowest BCUT2D eigenvalue weighted by atomic mass is 10.2. The lowest BCUT2D eigenvalue weighted by Crippen LogP contribution is -2.11. The number of rotatable bonds is 5. The molecule has 0 spiro atoms. The van der Waals surface area contributed by atoms with Crippen LogP contribution in [-0.4, -0.2) is 27.4 Å². The highest BCUT2D eigenvalue weighted by molar-refractivity contribution is 7.99. The summed E-state index contributed by atoms with van der Waals surface area (Å²) >= 11 is 1.30. The van der Waals surface area contributed by atoms with Crippen molar-refractivity contribution in [3.8, 4) is 0 Å². The van der Waals surface area contributed by atoms with Crippen LogP contribution in [-0.2, 0) is 0 Å². The zero-order chi connectivity index (χ0) is 15.5. The largest absolute Gasteiger partial charge is 0.366 e. The summed E-state index contributed by atoms with van der Waals surface area (Å²) in [7, 11) is 0. The van der Waals surface area contributed by atoms with Crippen molar-refractivity contribution in [2.24, 2.45) is 5.73 Å². The van der Waals surface area contributed by atoms with Gasteiger partial charge in [0.15, 0.2) is 10.9 Å². The maximum Gasteiger partial charge on any atom is 0.250 e. The first-order valence-electron chi connectivity index (χ1n) is 6.65. The number of amides is 1. The number of para-hydroxylation sites is 1. The second-order valence-corrected chi connectivity index (χ2v) is 5.65. The van der Waals surface area contributed by atoms with Gasteiger partial charge in [0.1, 0.15) is 5.52 Å². The number of ketones is 1. The van der Waals surface area contributed by atoms with Crippen molar-refractivity contribution in [1.29, 1.82) is 0 Å². The molecule has 5 nitrogen and oxygen atoms in total. The van der Waals surface area contributed by atoms with Crippen LogP contribution in [0, 0.1) is 0 Å². The summed E-state index contributed by atoms with van der Waals surface area (Å²) in [6, 6.07) is 14.3. The molecule has 0 saturated heterocycles. The summed E-state index contributed by atoms with van der Waals surface area (Å²) in [6.45, 7) is 0. The molecule has 0 aliphatic rings. The van der Waals surface area contributed by atoms with Gasteiger partial charge in [0.2, 0.25) is 0 Å². The van der Waals surface area contributed by atoms with Crippen molar-refractivity contribution in [2.75, 3.05) is 5.75 Å². The van der Waals surface area contributed by atoms with Gasteiger partial charge in [-0.15, -0.1) is 0 Å². The minimum Gasteiger partial charge on any atom is -0.366 e. The molecule has 3 aromatic rings. The number of nitrogens with zero attached hydrogens (tertiary/aromatic N) is 1. The first kappa shape index (κ1) is 14.3. The van der Waals surface area contributed by atoms with Crippen LogP contribution in [0.25, 0.3) is 11.0 Å². The highest BCUT2D eigenvalue weighted by atomic mass is 32.2. The van der Waals surface area contributed by atoms with Crippen molar-refractivity contribution in [1.82, 2.24) is 9.97 Å². The van der Waals surface area contributed by atoms with Crippen molar-refractivity contribution < 1.29 is 9.59 Å². The summed E-state index contributed by atoms with van der Waals surface area (Å²) in [4.78, 5) is 30.9. The molecule has 2 aromatic carbocycles. The molecule has 6 heteroatoms. The van der Waals surface area contributed by atoms with Crippen LogP contribution >= 0.6 is 11.8 Å². The van der Waals surface area contributed by atoms with Crippen molar-refractivity contribution in [3.63, 3.8) is 0 Å². The quantitative estimate of drug-likeness (QED) is 0.560. The SMILES string of the molecule is NC(=O)c1cccc2[nH]c(SCC(=O)c3ccccc3)nc12. The Kier molecular flexibility index (Phi) is 3.93. The molecule has 0 aliphatic heterocycles. The standard InChI is InChI=1S/C16H13N3O2S/c17-15(21)11-7-4-8-12-14(11)19-16(18-12)22-9-13(20)10-5-2-1-3-6-10/h1-8H,9H2,(H2,17,21)(H,18,19). The number of aromatic amines is 1. The smallest absolute Gasteiger partial charge is 0.250 e. The third kappa shape index (κ3) is 2.87. The number of hydrogen-bond donors (Lipinski definition) is 2. The number of primary amides is 1. The molecule has 0 atom stereocenters. The minimum atomic E-state index is -0.519. The number of nitrogens with one attached hydrogen (secondary N) is 1. The first-order valence-corrected chi connectivity index (χ1v) is 7.63. The molecule has 0 radical (unpaired) electrons. The molecule has 1 amide bonds. The Balaban J connectivity index is 1.79. The predicted molar refractivity (Wildman–Crippen MR) is 86.1 cm³/mol. The van der Waals surface area contributed by atoms with E-state index in [-0.39, 0.29) is 11.5 Å². The van der Waals surface area contributed by atoms with Crippen LogP contribution in [0.1, 0.15) is 20.7 Å². The molecular weight excluding hydrogens is 298 g/mol. The van der Waals surface area contributed by atoms with E-state index in [9.17, 15) is 9.59 Å². The number of thioether (sulfide) groups is 1. The van der Waals surface area contributed by atoms with Crippen molar-refractivity contribution >= 4 is 34.5 Å². The fourth-order valence-electron chi connectivity index (χ4n) is 2.12. The van der Waals surface area contributed by atoms with Crippen LogP contribution in [0.4, 0.5) is 0 Å². The number of benzene rings is 2. The number of carbonyl (C=O) groups is 2. The Bertz CT molecular complexity index is 843. The zero-order valence-electron chi connectivity index (χ0n) is 11.6. The fraction of sp³-hybridized carbons (Fsp3) is 0.0625. The molecule has 0 saturated carbocycles. The Morgan fingerprint density at radius 2 is 1.86 bits per heavy atom. The molecular formula is C16H13N3O2S. The Morgan fingerprint density at radius 3 is 2.59 bits per heavy atom. The third-order valence-corrected chi connectivity index (χ3v) is 4.07. The average Bonchev–Trinajstić information content (AvgIpc) is 2.96. The maximum atomic E-state index is 12.1. The number of aromatic nitrogens is 2. The Morgan fingerprint density at radius 1 is 1.09 bits per heavy atom. The average molecular weight is 311 g/mol. The topological polar surface area (TPSA) is 88.8 Å². The number of nitrogens with two attached hydrogens (primary N) is 1. The van der Waals surface area contributed by atoms with Crippen LogP contribution in [0.5, 0.6) is 0 Å². The van der Waals surface area contributed by atoms with E-state index in [1.165, 1.54) is 11.8 Å². The monoisotopic (exact) mass is 311 g/mol. The van der Waals surface area contributed by atoms with E-state index in [1.807, 2.05) is 24.3 Å². The summed E-state index contributed by atoms with van der Waals surface area (Å²) in [5.74, 6) is -0.217. The van der Waals surface area contributed by atoms with Gasteiger partial charge in [-0.1, -0.05) is 48.2 Å². The van der Waals surface area contributed by atoms with Gasteiger partial charge in [-0.05, 0) is 12.1 Å². The van der Waals surface area contributed by atoms with Gasteiger partial charge in [-0.25, -0.2) is 4.98 Å². The number of carbonyl (C=O) groups excluding carboxylic acids is 2. The first-order chi connectivity index (χ1) is 10.6. The van der Waals surface area contributed by atoms with Gasteiger partial charge in [-0.3, -0.25) is 9.59 Å². The number of fused-ring (bicyclic) bond motifs is 1. The van der Waals surface area contributed by atoms with Crippen LogP contribution in [0.15, 0.2) is 53.7 Å². The van der Waals surface area contributed by atoms with Gasteiger partial charge in [0.05, 0.1) is 16.8 Å². The molecule has 0 unspecified atom stereocenters. The lowest BCUT2D eigenvalue weighted by molar-refractivity contribution is 0.0998. The molecule has 0 fully saturated rings. The summed E-state index contributed by atoms with van der Waals surface area (Å²) < 4.78 is 0. The Labute approximate surface area is 130 Å². The highest BCUT2D eigenvalue weighted by Gasteiger charge is 2.13. The minimum absolute atomic E-state index is 0.0289. The number of H-pyrrole nitrogens is 1. The number of imidazole rings is 1. The van der Waals surface area contributed by atoms with E-state index < -0.39 is 5.91 Å². The van der Waals surface area contributed by atoms with Gasteiger partial charge in [-0.2, -0.15) is 0 Å². The maximum absolute atomic E-state index is 12.1. The van der Waals surface area contributed by atoms with E-state index in [4.69, 9.17) is 5.73 Å². The van der Waals surface area contributed by atoms with E-state index in [0.717, 1.165) is 5.52 Å². The summed E-state index contributed by atoms with van der Waals surface area (Å²) in [5.41, 5.74) is 7.63. The Hall–Kier alpha value is -2.60. The van der Waals surface area contributed by atoms with E-state index in [1.54, 1.807) is 24.3 Å². The van der Waals surface area contributed by atoms with Gasteiger partial charge in [0, 0.05) is 5.56 Å². The van der Waals surface area contributed by atoms with Crippen molar-refractivity contribution in [2.45, 2.75) is 5.16 Å². The second-order valence-electron chi connectivity index (χ2n) is 4.69. The molecule has 3 N–H and O–H groups in total. The van der Waals surface area contributed by atoms with E-state index in [0.29, 0.717) is 21.8 Å². The van der Waals surface area contributed by atoms with Gasteiger partial charge >= 0.3 is 0 Å². The van der Waals surface area contributed by atoms with Crippen LogP contribution < -0.4 is 5.73 Å². The summed E-state index contributed by atoms with van der Waals surface area (Å²) in [6.07, 6.45) is 0. The fourth-order valence-corrected chi connectivity index (χ4v) is 2.89. The van der Waals surface area contributed by atoms with Gasteiger partial charge < -0.3 is 10.7 Å².